The normalized spacial score (nSPS) is 20.2. The minimum absolute atomic E-state index is 0.0827. The Morgan fingerprint density at radius 2 is 1.30 bits per heavy atom. The van der Waals surface area contributed by atoms with Crippen LogP contribution < -0.4 is 0 Å². The molecule has 0 heterocycles. The largest absolute Gasteiger partial charge is 0.463 e. The summed E-state index contributed by atoms with van der Waals surface area (Å²) in [5, 5.41) is 30.6. The van der Waals surface area contributed by atoms with Crippen molar-refractivity contribution in [1.29, 1.82) is 0 Å². The SMILES string of the molecule is CCCCC[C@H](O)/C=C/[C@H]1[C@H](O)CC(=O)[C@@H]1CCCCCCC(=O)OC[C@H](O)COC(=O)CCCCCCCCCCC(C)CC. The molecule has 0 aromatic heterocycles. The van der Waals surface area contributed by atoms with Gasteiger partial charge in [0.05, 0.1) is 12.2 Å². The van der Waals surface area contributed by atoms with E-state index in [0.29, 0.717) is 25.7 Å². The van der Waals surface area contributed by atoms with Crippen molar-refractivity contribution in [3.63, 3.8) is 0 Å². The molecule has 1 saturated carbocycles. The zero-order valence-corrected chi connectivity index (χ0v) is 29.5. The minimum Gasteiger partial charge on any atom is -0.463 e. The molecule has 268 valence electrons. The van der Waals surface area contributed by atoms with Gasteiger partial charge in [0, 0.05) is 31.1 Å². The molecule has 0 aromatic carbocycles. The molecule has 3 N–H and O–H groups in total. The molecule has 0 aliphatic heterocycles. The van der Waals surface area contributed by atoms with Crippen LogP contribution in [0.5, 0.6) is 0 Å². The van der Waals surface area contributed by atoms with Crippen molar-refractivity contribution in [2.45, 2.75) is 180 Å². The Morgan fingerprint density at radius 3 is 1.87 bits per heavy atom. The van der Waals surface area contributed by atoms with Crippen molar-refractivity contribution < 1.29 is 39.2 Å². The number of esters is 2. The molecular formula is C38H68O8. The molecule has 46 heavy (non-hydrogen) atoms. The van der Waals surface area contributed by atoms with Crippen molar-refractivity contribution in [2.75, 3.05) is 13.2 Å². The van der Waals surface area contributed by atoms with Crippen LogP contribution in [0.15, 0.2) is 12.2 Å². The van der Waals surface area contributed by atoms with Gasteiger partial charge in [0.1, 0.15) is 25.1 Å². The molecule has 0 bridgehead atoms. The third-order valence-corrected chi connectivity index (χ3v) is 9.44. The van der Waals surface area contributed by atoms with Gasteiger partial charge in [-0.05, 0) is 31.6 Å². The maximum Gasteiger partial charge on any atom is 0.305 e. The lowest BCUT2D eigenvalue weighted by Gasteiger charge is -2.18. The summed E-state index contributed by atoms with van der Waals surface area (Å²) in [5.41, 5.74) is 0. The van der Waals surface area contributed by atoms with E-state index in [9.17, 15) is 29.7 Å². The zero-order valence-electron chi connectivity index (χ0n) is 29.5. The summed E-state index contributed by atoms with van der Waals surface area (Å²) in [7, 11) is 0. The van der Waals surface area contributed by atoms with Crippen molar-refractivity contribution in [2.24, 2.45) is 17.8 Å². The van der Waals surface area contributed by atoms with Gasteiger partial charge in [0.2, 0.25) is 0 Å². The van der Waals surface area contributed by atoms with Crippen LogP contribution in [0.25, 0.3) is 0 Å². The number of unbranched alkanes of at least 4 members (excludes halogenated alkanes) is 12. The Kier molecular flexibility index (Phi) is 25.0. The van der Waals surface area contributed by atoms with Gasteiger partial charge in [-0.2, -0.15) is 0 Å². The van der Waals surface area contributed by atoms with Gasteiger partial charge < -0.3 is 24.8 Å². The third-order valence-electron chi connectivity index (χ3n) is 9.44. The Morgan fingerprint density at radius 1 is 0.783 bits per heavy atom. The maximum atomic E-state index is 12.4. The fourth-order valence-corrected chi connectivity index (χ4v) is 6.13. The number of ether oxygens (including phenoxy) is 2. The number of rotatable bonds is 29. The molecular weight excluding hydrogens is 584 g/mol. The van der Waals surface area contributed by atoms with Crippen LogP contribution in [-0.4, -0.2) is 64.6 Å². The van der Waals surface area contributed by atoms with Crippen LogP contribution in [-0.2, 0) is 23.9 Å². The Hall–Kier alpha value is -1.77. The Labute approximate surface area is 280 Å². The average molecular weight is 653 g/mol. The van der Waals surface area contributed by atoms with Crippen LogP contribution in [0.3, 0.4) is 0 Å². The van der Waals surface area contributed by atoms with E-state index in [1.165, 1.54) is 44.9 Å². The fraction of sp³-hybridized carbons (Fsp3) is 0.868. The number of aliphatic hydroxyl groups excluding tert-OH is 3. The lowest BCUT2D eigenvalue weighted by atomic mass is 9.88. The summed E-state index contributed by atoms with van der Waals surface area (Å²) in [6.07, 6.45) is 21.7. The van der Waals surface area contributed by atoms with Crippen LogP contribution in [0.1, 0.15) is 162 Å². The molecule has 0 radical (unpaired) electrons. The average Bonchev–Trinajstić information content (AvgIpc) is 3.31. The number of ketones is 1. The summed E-state index contributed by atoms with van der Waals surface area (Å²) in [4.78, 5) is 36.5. The molecule has 0 spiro atoms. The first-order chi connectivity index (χ1) is 22.2. The predicted molar refractivity (Wildman–Crippen MR) is 183 cm³/mol. The monoisotopic (exact) mass is 652 g/mol. The smallest absolute Gasteiger partial charge is 0.305 e. The summed E-state index contributed by atoms with van der Waals surface area (Å²) in [6.45, 7) is 6.32. The third kappa shape index (κ3) is 21.2. The maximum absolute atomic E-state index is 12.4. The number of Topliss-reactive ketones (excluding diaryl/α,β-unsaturated/α-hetero) is 1. The molecule has 0 saturated heterocycles. The number of carbonyl (C=O) groups excluding carboxylic acids is 3. The van der Waals surface area contributed by atoms with E-state index in [1.807, 2.05) is 6.08 Å². The summed E-state index contributed by atoms with van der Waals surface area (Å²) < 4.78 is 10.3. The topological polar surface area (TPSA) is 130 Å². The van der Waals surface area contributed by atoms with Gasteiger partial charge >= 0.3 is 11.9 Å². The molecule has 0 amide bonds. The summed E-state index contributed by atoms with van der Waals surface area (Å²) in [6, 6.07) is 0. The van der Waals surface area contributed by atoms with E-state index < -0.39 is 24.3 Å². The molecule has 0 aromatic rings. The first kappa shape index (κ1) is 42.3. The molecule has 1 aliphatic carbocycles. The minimum atomic E-state index is -1.04. The second kappa shape index (κ2) is 27.2. The molecule has 1 aliphatic rings. The predicted octanol–water partition coefficient (Wildman–Crippen LogP) is 7.78. The highest BCUT2D eigenvalue weighted by molar-refractivity contribution is 5.84. The molecule has 6 atom stereocenters. The van der Waals surface area contributed by atoms with Gasteiger partial charge in [-0.15, -0.1) is 0 Å². The van der Waals surface area contributed by atoms with E-state index in [0.717, 1.165) is 63.7 Å². The van der Waals surface area contributed by atoms with Crippen molar-refractivity contribution in [3.8, 4) is 0 Å². The van der Waals surface area contributed by atoms with Gasteiger partial charge in [0.15, 0.2) is 0 Å². The highest BCUT2D eigenvalue weighted by Gasteiger charge is 2.39. The van der Waals surface area contributed by atoms with Crippen LogP contribution in [0, 0.1) is 17.8 Å². The van der Waals surface area contributed by atoms with E-state index in [4.69, 9.17) is 9.47 Å². The Bertz CT molecular complexity index is 828. The zero-order chi connectivity index (χ0) is 34.0. The number of hydrogen-bond acceptors (Lipinski definition) is 8. The lowest BCUT2D eigenvalue weighted by Crippen LogP contribution is -2.25. The first-order valence-corrected chi connectivity index (χ1v) is 18.7. The van der Waals surface area contributed by atoms with Crippen LogP contribution in [0.4, 0.5) is 0 Å². The summed E-state index contributed by atoms with van der Waals surface area (Å²) in [5.74, 6) is -0.266. The van der Waals surface area contributed by atoms with E-state index in [2.05, 4.69) is 20.8 Å². The van der Waals surface area contributed by atoms with E-state index >= 15 is 0 Å². The molecule has 8 heteroatoms. The van der Waals surface area contributed by atoms with Gasteiger partial charge in [0.25, 0.3) is 0 Å². The quantitative estimate of drug-likeness (QED) is 0.0424. The standard InChI is InChI=1S/C38H68O8/c1-4-6-15-21-31(39)25-26-34-33(35(41)27-36(34)42)22-17-13-14-19-24-38(44)46-29-32(40)28-45-37(43)23-18-12-10-8-7-9-11-16-20-30(3)5-2/h25-26,30-34,36,39-40,42H,4-24,27-29H2,1-3H3/b26-25+/t30?,31-,32+,33+,34+,36+/m0/s1. The molecule has 8 nitrogen and oxygen atoms in total. The fourth-order valence-electron chi connectivity index (χ4n) is 6.13. The van der Waals surface area contributed by atoms with Crippen molar-refractivity contribution >= 4 is 17.7 Å². The second-order valence-electron chi connectivity index (χ2n) is 13.7. The van der Waals surface area contributed by atoms with E-state index in [-0.39, 0.29) is 49.6 Å². The number of carbonyl (C=O) groups is 3. The van der Waals surface area contributed by atoms with Crippen LogP contribution in [0.2, 0.25) is 0 Å². The molecule has 1 unspecified atom stereocenters. The van der Waals surface area contributed by atoms with Crippen LogP contribution >= 0.6 is 0 Å². The number of hydrogen-bond donors (Lipinski definition) is 3. The number of aliphatic hydroxyl groups is 3. The van der Waals surface area contributed by atoms with Crippen molar-refractivity contribution in [1.82, 2.24) is 0 Å². The molecule has 1 rings (SSSR count). The Balaban J connectivity index is 2.05. The molecule has 1 fully saturated rings. The van der Waals surface area contributed by atoms with E-state index in [1.54, 1.807) is 6.08 Å². The van der Waals surface area contributed by atoms with Gasteiger partial charge in [-0.25, -0.2) is 0 Å². The lowest BCUT2D eigenvalue weighted by molar-refractivity contribution is -0.152. The second-order valence-corrected chi connectivity index (χ2v) is 13.7. The highest BCUT2D eigenvalue weighted by atomic mass is 16.6. The first-order valence-electron chi connectivity index (χ1n) is 18.7. The summed E-state index contributed by atoms with van der Waals surface area (Å²) >= 11 is 0. The van der Waals surface area contributed by atoms with Gasteiger partial charge in [-0.1, -0.05) is 129 Å². The van der Waals surface area contributed by atoms with Crippen molar-refractivity contribution in [3.05, 3.63) is 12.2 Å². The highest BCUT2D eigenvalue weighted by Crippen LogP contribution is 2.34. The van der Waals surface area contributed by atoms with Gasteiger partial charge in [-0.3, -0.25) is 14.4 Å².